The number of urea groups is 2. The molecule has 3 rings (SSSR count). The molecule has 0 bridgehead atoms. The Hall–Kier alpha value is -3.04. The summed E-state index contributed by atoms with van der Waals surface area (Å²) in [6, 6.07) is 5.58. The average molecular weight is 403 g/mol. The maximum Gasteiger partial charge on any atom is 0.317 e. The predicted molar refractivity (Wildman–Crippen MR) is 108 cm³/mol. The van der Waals surface area contributed by atoms with Crippen LogP contribution in [0.1, 0.15) is 25.7 Å². The van der Waals surface area contributed by atoms with Crippen LogP contribution in [0.15, 0.2) is 24.4 Å². The van der Waals surface area contributed by atoms with E-state index >= 15 is 0 Å². The number of hydrogen-bond acceptors (Lipinski definition) is 5. The summed E-state index contributed by atoms with van der Waals surface area (Å²) in [5.74, 6) is 0.393. The number of nitrogens with one attached hydrogen (secondary N) is 3. The second-order valence-corrected chi connectivity index (χ2v) is 7.45. The monoisotopic (exact) mass is 403 g/mol. The van der Waals surface area contributed by atoms with Gasteiger partial charge in [0.2, 0.25) is 5.91 Å². The first-order valence-electron chi connectivity index (χ1n) is 10.1. The van der Waals surface area contributed by atoms with Gasteiger partial charge in [-0.2, -0.15) is 0 Å². The molecule has 0 saturated carbocycles. The molecule has 0 aliphatic carbocycles. The first-order valence-corrected chi connectivity index (χ1v) is 10.1. The smallest absolute Gasteiger partial charge is 0.317 e. The number of amides is 5. The summed E-state index contributed by atoms with van der Waals surface area (Å²) in [5.41, 5.74) is 5.00. The van der Waals surface area contributed by atoms with E-state index in [2.05, 4.69) is 25.8 Å². The lowest BCUT2D eigenvalue weighted by Gasteiger charge is -2.36. The van der Waals surface area contributed by atoms with E-state index < -0.39 is 11.9 Å². The summed E-state index contributed by atoms with van der Waals surface area (Å²) in [5, 5.41) is 8.35. The molecule has 0 atom stereocenters. The number of hydrogen-bond donors (Lipinski definition) is 4. The molecule has 10 heteroatoms. The number of pyridine rings is 1. The van der Waals surface area contributed by atoms with Gasteiger partial charge in [0, 0.05) is 44.5 Å². The number of carbonyl (C=O) groups is 3. The molecule has 3 heterocycles. The molecule has 5 N–H and O–H groups in total. The highest BCUT2D eigenvalue weighted by atomic mass is 16.2. The van der Waals surface area contributed by atoms with Crippen molar-refractivity contribution in [1.29, 1.82) is 0 Å². The lowest BCUT2D eigenvalue weighted by atomic mass is 10.0. The Balaban J connectivity index is 1.35. The van der Waals surface area contributed by atoms with E-state index in [0.29, 0.717) is 25.9 Å². The van der Waals surface area contributed by atoms with Gasteiger partial charge in [-0.25, -0.2) is 14.6 Å². The van der Waals surface area contributed by atoms with E-state index in [9.17, 15) is 14.4 Å². The SMILES string of the molecule is NC(=O)CNC(=O)NC1CCN(C(=O)NC2CCN(c3ccccn3)CC2)CC1. The maximum atomic E-state index is 12.6. The third-order valence-corrected chi connectivity index (χ3v) is 5.34. The molecule has 2 aliphatic heterocycles. The number of aromatic nitrogens is 1. The molecule has 2 saturated heterocycles. The second-order valence-electron chi connectivity index (χ2n) is 7.45. The van der Waals surface area contributed by atoms with Crippen LogP contribution in [-0.4, -0.2) is 72.7 Å². The van der Waals surface area contributed by atoms with Gasteiger partial charge in [0.15, 0.2) is 0 Å². The van der Waals surface area contributed by atoms with Gasteiger partial charge >= 0.3 is 12.1 Å². The Kier molecular flexibility index (Phi) is 7.09. The Morgan fingerprint density at radius 3 is 2.28 bits per heavy atom. The summed E-state index contributed by atoms with van der Waals surface area (Å²) >= 11 is 0. The zero-order chi connectivity index (χ0) is 20.6. The fourth-order valence-electron chi connectivity index (χ4n) is 3.69. The molecule has 29 heavy (non-hydrogen) atoms. The molecule has 1 aromatic rings. The van der Waals surface area contributed by atoms with E-state index in [-0.39, 0.29) is 24.7 Å². The van der Waals surface area contributed by atoms with Crippen molar-refractivity contribution in [2.45, 2.75) is 37.8 Å². The lowest BCUT2D eigenvalue weighted by molar-refractivity contribution is -0.117. The van der Waals surface area contributed by atoms with E-state index in [1.54, 1.807) is 11.1 Å². The van der Waals surface area contributed by atoms with Gasteiger partial charge in [-0.15, -0.1) is 0 Å². The lowest BCUT2D eigenvalue weighted by Crippen LogP contribution is -2.54. The van der Waals surface area contributed by atoms with Crippen LogP contribution in [0.5, 0.6) is 0 Å². The highest BCUT2D eigenvalue weighted by Crippen LogP contribution is 2.18. The number of nitrogens with two attached hydrogens (primary N) is 1. The van der Waals surface area contributed by atoms with Crippen LogP contribution >= 0.6 is 0 Å². The molecule has 0 aromatic carbocycles. The molecule has 5 amide bonds. The number of rotatable bonds is 5. The third kappa shape index (κ3) is 6.23. The molecule has 0 radical (unpaired) electrons. The molecule has 1 aromatic heterocycles. The van der Waals surface area contributed by atoms with Crippen molar-refractivity contribution >= 4 is 23.8 Å². The molecule has 2 aliphatic rings. The molecule has 0 unspecified atom stereocenters. The van der Waals surface area contributed by atoms with Gasteiger partial charge in [-0.3, -0.25) is 4.79 Å². The van der Waals surface area contributed by atoms with Crippen LogP contribution in [0.2, 0.25) is 0 Å². The number of anilines is 1. The molecule has 0 spiro atoms. The van der Waals surface area contributed by atoms with Crippen LogP contribution in [0, 0.1) is 0 Å². The number of primary amides is 1. The van der Waals surface area contributed by atoms with Crippen molar-refractivity contribution in [2.75, 3.05) is 37.6 Å². The number of likely N-dealkylation sites (tertiary alicyclic amines) is 1. The fourth-order valence-corrected chi connectivity index (χ4v) is 3.69. The highest BCUT2D eigenvalue weighted by molar-refractivity contribution is 5.82. The summed E-state index contributed by atoms with van der Waals surface area (Å²) < 4.78 is 0. The van der Waals surface area contributed by atoms with Gasteiger partial charge in [0.05, 0.1) is 6.54 Å². The van der Waals surface area contributed by atoms with Crippen LogP contribution in [-0.2, 0) is 4.79 Å². The third-order valence-electron chi connectivity index (χ3n) is 5.34. The van der Waals surface area contributed by atoms with Crippen LogP contribution < -0.4 is 26.6 Å². The molecule has 158 valence electrons. The molecular formula is C19H29N7O3. The van der Waals surface area contributed by atoms with Crippen molar-refractivity contribution < 1.29 is 14.4 Å². The van der Waals surface area contributed by atoms with Gasteiger partial charge in [0.25, 0.3) is 0 Å². The number of carbonyl (C=O) groups excluding carboxylic acids is 3. The van der Waals surface area contributed by atoms with Crippen molar-refractivity contribution in [1.82, 2.24) is 25.8 Å². The Bertz CT molecular complexity index is 699. The summed E-state index contributed by atoms with van der Waals surface area (Å²) in [7, 11) is 0. The fraction of sp³-hybridized carbons (Fsp3) is 0.579. The van der Waals surface area contributed by atoms with E-state index in [1.807, 2.05) is 18.2 Å². The largest absolute Gasteiger partial charge is 0.368 e. The summed E-state index contributed by atoms with van der Waals surface area (Å²) in [6.07, 6.45) is 4.93. The van der Waals surface area contributed by atoms with Crippen LogP contribution in [0.25, 0.3) is 0 Å². The van der Waals surface area contributed by atoms with Crippen molar-refractivity contribution in [3.63, 3.8) is 0 Å². The van der Waals surface area contributed by atoms with Crippen molar-refractivity contribution in [3.05, 3.63) is 24.4 Å². The Morgan fingerprint density at radius 1 is 1.00 bits per heavy atom. The molecule has 2 fully saturated rings. The van der Waals surface area contributed by atoms with Crippen molar-refractivity contribution in [2.24, 2.45) is 5.73 Å². The van der Waals surface area contributed by atoms with Gasteiger partial charge in [-0.1, -0.05) is 6.07 Å². The average Bonchev–Trinajstić information content (AvgIpc) is 2.74. The zero-order valence-electron chi connectivity index (χ0n) is 16.5. The maximum absolute atomic E-state index is 12.6. The molecule has 10 nitrogen and oxygen atoms in total. The highest BCUT2D eigenvalue weighted by Gasteiger charge is 2.27. The normalized spacial score (nSPS) is 18.2. The van der Waals surface area contributed by atoms with E-state index in [1.165, 1.54) is 0 Å². The molecular weight excluding hydrogens is 374 g/mol. The van der Waals surface area contributed by atoms with Gasteiger partial charge in [0.1, 0.15) is 5.82 Å². The van der Waals surface area contributed by atoms with Gasteiger partial charge in [-0.05, 0) is 37.8 Å². The van der Waals surface area contributed by atoms with Crippen LogP contribution in [0.4, 0.5) is 15.4 Å². The quantitative estimate of drug-likeness (QED) is 0.550. The number of piperidine rings is 2. The summed E-state index contributed by atoms with van der Waals surface area (Å²) in [4.78, 5) is 43.4. The Morgan fingerprint density at radius 2 is 1.66 bits per heavy atom. The minimum Gasteiger partial charge on any atom is -0.368 e. The first kappa shape index (κ1) is 20.7. The van der Waals surface area contributed by atoms with Crippen molar-refractivity contribution in [3.8, 4) is 0 Å². The van der Waals surface area contributed by atoms with Gasteiger partial charge < -0.3 is 31.5 Å². The number of nitrogens with zero attached hydrogens (tertiary/aromatic N) is 3. The second kappa shape index (κ2) is 9.94. The zero-order valence-corrected chi connectivity index (χ0v) is 16.5. The standard InChI is InChI=1S/C19H29N7O3/c20-16(27)13-22-18(28)23-14-6-11-26(12-7-14)19(29)24-15-4-9-25(10-5-15)17-3-1-2-8-21-17/h1-3,8,14-15H,4-7,9-13H2,(H2,20,27)(H,24,29)(H2,22,23,28). The minimum absolute atomic E-state index is 0.0199. The topological polar surface area (TPSA) is 133 Å². The van der Waals surface area contributed by atoms with E-state index in [0.717, 1.165) is 31.7 Å². The predicted octanol–water partition coefficient (Wildman–Crippen LogP) is 0.00890. The van der Waals surface area contributed by atoms with Crippen LogP contribution in [0.3, 0.4) is 0 Å². The summed E-state index contributed by atoms with van der Waals surface area (Å²) in [6.45, 7) is 2.72. The van der Waals surface area contributed by atoms with E-state index in [4.69, 9.17) is 5.73 Å². The first-order chi connectivity index (χ1) is 14.0. The minimum atomic E-state index is -0.586. The Labute approximate surface area is 170 Å².